The molecule has 1 rings (SSSR count). The molecule has 0 bridgehead atoms. The molecular weight excluding hydrogens is 106 g/mol. The first-order chi connectivity index (χ1) is 3.29. The lowest BCUT2D eigenvalue weighted by Gasteiger charge is -1.94. The van der Waals surface area contributed by atoms with E-state index in [-0.39, 0.29) is 0 Å². The average molecular weight is 108 g/mol. The molecule has 0 radical (unpaired) electrons. The molecule has 0 aromatic carbocycles. The van der Waals surface area contributed by atoms with Gasteiger partial charge in [0.2, 0.25) is 0 Å². The van der Waals surface area contributed by atoms with Gasteiger partial charge in [0.25, 0.3) is 0 Å². The molecule has 0 saturated carbocycles. The van der Waals surface area contributed by atoms with Gasteiger partial charge in [0, 0.05) is 0 Å². The Balaban J connectivity index is 2.42. The predicted molar refractivity (Wildman–Crippen MR) is 16.3 cm³/mol. The highest BCUT2D eigenvalue weighted by Crippen LogP contribution is 2.14. The van der Waals surface area contributed by atoms with E-state index in [2.05, 4.69) is 9.47 Å². The van der Waals surface area contributed by atoms with Crippen molar-refractivity contribution < 1.29 is 18.3 Å². The average Bonchev–Trinajstić information content (AvgIpc) is 1.87. The first kappa shape index (κ1) is 4.36. The highest BCUT2D eigenvalue weighted by molar-refractivity contribution is 4.76. The molecule has 7 heavy (non-hydrogen) atoms. The van der Waals surface area contributed by atoms with E-state index in [1.807, 2.05) is 0 Å². The molecule has 0 N–H and O–H groups in total. The van der Waals surface area contributed by atoms with Crippen LogP contribution in [0.4, 0.5) is 8.78 Å². The van der Waals surface area contributed by atoms with Gasteiger partial charge in [0.15, 0.2) is 6.26 Å². The zero-order valence-corrected chi connectivity index (χ0v) is 3.23. The van der Waals surface area contributed by atoms with E-state index in [9.17, 15) is 8.78 Å². The lowest BCUT2D eigenvalue weighted by Crippen LogP contribution is -1.96. The lowest BCUT2D eigenvalue weighted by molar-refractivity contribution is -0.139. The van der Waals surface area contributed by atoms with Crippen molar-refractivity contribution in [2.24, 2.45) is 0 Å². The highest BCUT2D eigenvalue weighted by Gasteiger charge is 2.16. The van der Waals surface area contributed by atoms with Crippen molar-refractivity contribution in [3.8, 4) is 0 Å². The molecular formula is C3H2F2O2. The second-order valence-electron chi connectivity index (χ2n) is 0.950. The maximum Gasteiger partial charge on any atom is 0.398 e. The van der Waals surface area contributed by atoms with Gasteiger partial charge in [-0.2, -0.15) is 8.78 Å². The summed E-state index contributed by atoms with van der Waals surface area (Å²) in [6.07, 6.45) is 0.574. The van der Waals surface area contributed by atoms with Crippen molar-refractivity contribution in [1.29, 1.82) is 0 Å². The van der Waals surface area contributed by atoms with Crippen LogP contribution < -0.4 is 0 Å². The maximum absolute atomic E-state index is 11.4. The summed E-state index contributed by atoms with van der Waals surface area (Å²) >= 11 is 0. The van der Waals surface area contributed by atoms with E-state index in [0.717, 1.165) is 0 Å². The molecule has 4 heteroatoms. The standard InChI is InChI=1S/C3H2F2O2/c4-2-1-6-3(5)7-2/h1,3H. The molecule has 2 nitrogen and oxygen atoms in total. The molecule has 0 aromatic rings. The summed E-state index contributed by atoms with van der Waals surface area (Å²) in [4.78, 5) is 0. The van der Waals surface area contributed by atoms with Crippen LogP contribution in [-0.2, 0) is 9.47 Å². The van der Waals surface area contributed by atoms with Crippen LogP contribution in [0.5, 0.6) is 0 Å². The fourth-order valence-corrected chi connectivity index (χ4v) is 0.251. The van der Waals surface area contributed by atoms with Crippen LogP contribution in [0.2, 0.25) is 0 Å². The first-order valence-corrected chi connectivity index (χ1v) is 1.61. The van der Waals surface area contributed by atoms with Crippen molar-refractivity contribution >= 4 is 0 Å². The number of halogens is 2. The molecule has 1 aliphatic rings. The Morgan fingerprint density at radius 1 is 1.71 bits per heavy atom. The van der Waals surface area contributed by atoms with Crippen molar-refractivity contribution in [2.45, 2.75) is 6.54 Å². The Hall–Kier alpha value is -0.800. The Bertz CT molecular complexity index is 101. The third-order valence-corrected chi connectivity index (χ3v) is 0.473. The minimum atomic E-state index is -1.94. The first-order valence-electron chi connectivity index (χ1n) is 1.61. The van der Waals surface area contributed by atoms with Gasteiger partial charge >= 0.3 is 12.6 Å². The molecule has 0 fully saturated rings. The number of hydrogen-bond donors (Lipinski definition) is 0. The van der Waals surface area contributed by atoms with E-state index in [1.54, 1.807) is 0 Å². The molecule has 1 atom stereocenters. The fourth-order valence-electron chi connectivity index (χ4n) is 0.251. The number of alkyl halides is 1. The normalized spacial score (nSPS) is 28.3. The fraction of sp³-hybridized carbons (Fsp3) is 0.333. The molecule has 40 valence electrons. The monoisotopic (exact) mass is 108 g/mol. The van der Waals surface area contributed by atoms with Gasteiger partial charge in [-0.05, 0) is 0 Å². The van der Waals surface area contributed by atoms with Crippen molar-refractivity contribution in [3.63, 3.8) is 0 Å². The third-order valence-electron chi connectivity index (χ3n) is 0.473. The third kappa shape index (κ3) is 0.792. The second-order valence-corrected chi connectivity index (χ2v) is 0.950. The van der Waals surface area contributed by atoms with E-state index in [4.69, 9.17) is 0 Å². The summed E-state index contributed by atoms with van der Waals surface area (Å²) in [7, 11) is 0. The zero-order valence-electron chi connectivity index (χ0n) is 3.23. The number of rotatable bonds is 0. The number of hydrogen-bond acceptors (Lipinski definition) is 2. The van der Waals surface area contributed by atoms with Crippen LogP contribution in [-0.4, -0.2) is 6.54 Å². The molecule has 0 amide bonds. The van der Waals surface area contributed by atoms with Crippen molar-refractivity contribution in [1.82, 2.24) is 0 Å². The molecule has 0 spiro atoms. The summed E-state index contributed by atoms with van der Waals surface area (Å²) < 4.78 is 30.4. The van der Waals surface area contributed by atoms with Crippen LogP contribution >= 0.6 is 0 Å². The van der Waals surface area contributed by atoms with Gasteiger partial charge < -0.3 is 9.47 Å². The summed E-state index contributed by atoms with van der Waals surface area (Å²) in [5.41, 5.74) is 0. The van der Waals surface area contributed by atoms with Crippen LogP contribution in [0.1, 0.15) is 0 Å². The van der Waals surface area contributed by atoms with Crippen LogP contribution in [0.15, 0.2) is 12.3 Å². The minimum absolute atomic E-state index is 0.574. The van der Waals surface area contributed by atoms with Crippen molar-refractivity contribution in [3.05, 3.63) is 12.3 Å². The van der Waals surface area contributed by atoms with Crippen LogP contribution in [0.25, 0.3) is 0 Å². The Labute approximate surface area is 38.3 Å². The Morgan fingerprint density at radius 3 is 2.57 bits per heavy atom. The van der Waals surface area contributed by atoms with Gasteiger partial charge in [-0.3, -0.25) is 0 Å². The summed E-state index contributed by atoms with van der Waals surface area (Å²) in [5, 5.41) is 0. The minimum Gasteiger partial charge on any atom is -0.430 e. The SMILES string of the molecule is FC1=COC(F)O1. The van der Waals surface area contributed by atoms with Crippen LogP contribution in [0.3, 0.4) is 0 Å². The summed E-state index contributed by atoms with van der Waals surface area (Å²) in [6.45, 7) is -1.94. The van der Waals surface area contributed by atoms with Gasteiger partial charge in [-0.15, -0.1) is 0 Å². The molecule has 1 aliphatic heterocycles. The summed E-state index contributed by atoms with van der Waals surface area (Å²) in [6, 6.07) is -1.02. The summed E-state index contributed by atoms with van der Waals surface area (Å²) in [5.74, 6) is 0. The largest absolute Gasteiger partial charge is 0.430 e. The topological polar surface area (TPSA) is 18.5 Å². The maximum atomic E-state index is 11.4. The van der Waals surface area contributed by atoms with Gasteiger partial charge in [0.05, 0.1) is 0 Å². The predicted octanol–water partition coefficient (Wildman–Crippen LogP) is 1.05. The Morgan fingerprint density at radius 2 is 2.43 bits per heavy atom. The van der Waals surface area contributed by atoms with E-state index in [0.29, 0.717) is 6.26 Å². The van der Waals surface area contributed by atoms with Gasteiger partial charge in [-0.25, -0.2) is 0 Å². The van der Waals surface area contributed by atoms with E-state index in [1.165, 1.54) is 0 Å². The highest BCUT2D eigenvalue weighted by atomic mass is 19.2. The van der Waals surface area contributed by atoms with E-state index < -0.39 is 12.6 Å². The van der Waals surface area contributed by atoms with Crippen molar-refractivity contribution in [2.75, 3.05) is 0 Å². The van der Waals surface area contributed by atoms with E-state index >= 15 is 0 Å². The second kappa shape index (κ2) is 1.36. The van der Waals surface area contributed by atoms with Gasteiger partial charge in [-0.1, -0.05) is 0 Å². The smallest absolute Gasteiger partial charge is 0.398 e. The molecule has 0 saturated heterocycles. The molecule has 1 heterocycles. The molecule has 1 unspecified atom stereocenters. The van der Waals surface area contributed by atoms with Crippen LogP contribution in [0, 0.1) is 0 Å². The van der Waals surface area contributed by atoms with Gasteiger partial charge in [0.1, 0.15) is 0 Å². The lowest BCUT2D eigenvalue weighted by atomic mass is 11.0. The quantitative estimate of drug-likeness (QED) is 0.461. The Kier molecular flexibility index (Phi) is 0.850. The number of ether oxygens (including phenoxy) is 2. The zero-order chi connectivity index (χ0) is 5.28. The molecule has 0 aliphatic carbocycles. The molecule has 0 aromatic heterocycles.